The minimum Gasteiger partial charge on any atom is -0.496 e. The van der Waals surface area contributed by atoms with E-state index in [4.69, 9.17) is 4.74 Å². The summed E-state index contributed by atoms with van der Waals surface area (Å²) in [7, 11) is -1.57. The van der Waals surface area contributed by atoms with Crippen molar-refractivity contribution in [3.8, 4) is 5.75 Å². The van der Waals surface area contributed by atoms with Crippen molar-refractivity contribution in [3.05, 3.63) is 29.8 Å². The number of methoxy groups -OCH3 is 1. The first-order chi connectivity index (χ1) is 10.4. The van der Waals surface area contributed by atoms with Crippen molar-refractivity contribution in [3.63, 3.8) is 0 Å². The van der Waals surface area contributed by atoms with Crippen LogP contribution in [0.3, 0.4) is 0 Å². The number of piperidine rings is 1. The van der Waals surface area contributed by atoms with E-state index in [0.29, 0.717) is 36.9 Å². The summed E-state index contributed by atoms with van der Waals surface area (Å²) in [6.07, 6.45) is 2.76. The van der Waals surface area contributed by atoms with Crippen LogP contribution in [-0.2, 0) is 10.0 Å². The Morgan fingerprint density at radius 2 is 1.95 bits per heavy atom. The molecule has 1 aromatic rings. The number of rotatable bonds is 5. The maximum atomic E-state index is 12.2. The molecule has 2 rings (SSSR count). The normalized spacial score (nSPS) is 17.2. The zero-order valence-corrected chi connectivity index (χ0v) is 13.7. The summed E-state index contributed by atoms with van der Waals surface area (Å²) >= 11 is 0. The van der Waals surface area contributed by atoms with Crippen LogP contribution in [0, 0.1) is 5.92 Å². The van der Waals surface area contributed by atoms with Crippen LogP contribution in [0.2, 0.25) is 0 Å². The Morgan fingerprint density at radius 3 is 2.55 bits per heavy atom. The Kier molecular flexibility index (Phi) is 5.42. The van der Waals surface area contributed by atoms with Crippen LogP contribution >= 0.6 is 0 Å². The summed E-state index contributed by atoms with van der Waals surface area (Å²) in [5.41, 5.74) is 0.513. The SMILES string of the molecule is COc1ccccc1C(=O)NCC1CCN(S(C)(=O)=O)CC1. The van der Waals surface area contributed by atoms with Gasteiger partial charge in [0.2, 0.25) is 10.0 Å². The van der Waals surface area contributed by atoms with Gasteiger partial charge < -0.3 is 10.1 Å². The summed E-state index contributed by atoms with van der Waals surface area (Å²) in [5, 5.41) is 2.91. The molecule has 1 aromatic carbocycles. The van der Waals surface area contributed by atoms with Gasteiger partial charge in [-0.25, -0.2) is 12.7 Å². The van der Waals surface area contributed by atoms with E-state index in [2.05, 4.69) is 5.32 Å². The largest absolute Gasteiger partial charge is 0.496 e. The molecular weight excluding hydrogens is 304 g/mol. The van der Waals surface area contributed by atoms with Crippen molar-refractivity contribution in [2.75, 3.05) is 33.0 Å². The fourth-order valence-electron chi connectivity index (χ4n) is 2.61. The van der Waals surface area contributed by atoms with Gasteiger partial charge in [0, 0.05) is 19.6 Å². The van der Waals surface area contributed by atoms with Crippen molar-refractivity contribution >= 4 is 15.9 Å². The number of hydrogen-bond acceptors (Lipinski definition) is 4. The van der Waals surface area contributed by atoms with Crippen LogP contribution in [0.15, 0.2) is 24.3 Å². The van der Waals surface area contributed by atoms with E-state index in [9.17, 15) is 13.2 Å². The number of para-hydroxylation sites is 1. The smallest absolute Gasteiger partial charge is 0.255 e. The third kappa shape index (κ3) is 4.20. The number of nitrogens with one attached hydrogen (secondary N) is 1. The molecule has 0 unspecified atom stereocenters. The zero-order chi connectivity index (χ0) is 16.2. The molecule has 1 aliphatic rings. The molecule has 0 atom stereocenters. The van der Waals surface area contributed by atoms with Gasteiger partial charge >= 0.3 is 0 Å². The van der Waals surface area contributed by atoms with Crippen molar-refractivity contribution in [2.45, 2.75) is 12.8 Å². The highest BCUT2D eigenvalue weighted by Crippen LogP contribution is 2.20. The molecule has 6 nitrogen and oxygen atoms in total. The fraction of sp³-hybridized carbons (Fsp3) is 0.533. The molecule has 0 aromatic heterocycles. The number of benzene rings is 1. The lowest BCUT2D eigenvalue weighted by Gasteiger charge is -2.30. The quantitative estimate of drug-likeness (QED) is 0.879. The second-order valence-electron chi connectivity index (χ2n) is 5.52. The summed E-state index contributed by atoms with van der Waals surface area (Å²) in [5.74, 6) is 0.687. The van der Waals surface area contributed by atoms with Crippen molar-refractivity contribution in [1.82, 2.24) is 9.62 Å². The third-order valence-corrected chi connectivity index (χ3v) is 5.25. The molecule has 1 saturated heterocycles. The molecule has 7 heteroatoms. The molecule has 1 aliphatic heterocycles. The summed E-state index contributed by atoms with van der Waals surface area (Å²) < 4.78 is 29.6. The van der Waals surface area contributed by atoms with Crippen LogP contribution in [0.5, 0.6) is 5.75 Å². The summed E-state index contributed by atoms with van der Waals surface area (Å²) in [6.45, 7) is 1.59. The zero-order valence-electron chi connectivity index (χ0n) is 12.9. The number of hydrogen-bond donors (Lipinski definition) is 1. The van der Waals surface area contributed by atoms with Gasteiger partial charge in [-0.15, -0.1) is 0 Å². The highest BCUT2D eigenvalue weighted by molar-refractivity contribution is 7.88. The van der Waals surface area contributed by atoms with E-state index in [1.165, 1.54) is 17.7 Å². The number of carbonyl (C=O) groups excluding carboxylic acids is 1. The highest BCUT2D eigenvalue weighted by Gasteiger charge is 2.25. The summed E-state index contributed by atoms with van der Waals surface area (Å²) in [6, 6.07) is 7.08. The number of ether oxygens (including phenoxy) is 1. The lowest BCUT2D eigenvalue weighted by Crippen LogP contribution is -2.41. The van der Waals surface area contributed by atoms with Gasteiger partial charge in [0.1, 0.15) is 5.75 Å². The third-order valence-electron chi connectivity index (χ3n) is 3.95. The predicted molar refractivity (Wildman–Crippen MR) is 84.5 cm³/mol. The highest BCUT2D eigenvalue weighted by atomic mass is 32.2. The van der Waals surface area contributed by atoms with E-state index >= 15 is 0 Å². The topological polar surface area (TPSA) is 75.7 Å². The van der Waals surface area contributed by atoms with Crippen LogP contribution in [0.25, 0.3) is 0 Å². The van der Waals surface area contributed by atoms with Gasteiger partial charge in [-0.1, -0.05) is 12.1 Å². The minimum absolute atomic E-state index is 0.164. The average molecular weight is 326 g/mol. The van der Waals surface area contributed by atoms with Gasteiger partial charge in [-0.2, -0.15) is 0 Å². The van der Waals surface area contributed by atoms with Gasteiger partial charge in [0.15, 0.2) is 0 Å². The lowest BCUT2D eigenvalue weighted by molar-refractivity contribution is 0.0938. The van der Waals surface area contributed by atoms with Crippen LogP contribution in [0.1, 0.15) is 23.2 Å². The molecule has 0 saturated carbocycles. The maximum absolute atomic E-state index is 12.2. The Balaban J connectivity index is 1.85. The van der Waals surface area contributed by atoms with E-state index < -0.39 is 10.0 Å². The molecule has 1 N–H and O–H groups in total. The van der Waals surface area contributed by atoms with E-state index in [1.807, 2.05) is 6.07 Å². The number of sulfonamides is 1. The molecule has 1 heterocycles. The second kappa shape index (κ2) is 7.11. The molecule has 22 heavy (non-hydrogen) atoms. The Labute approximate surface area is 131 Å². The molecular formula is C15H22N2O4S. The van der Waals surface area contributed by atoms with Gasteiger partial charge in [-0.05, 0) is 30.9 Å². The number of amides is 1. The first-order valence-electron chi connectivity index (χ1n) is 7.28. The van der Waals surface area contributed by atoms with Crippen LogP contribution in [-0.4, -0.2) is 51.6 Å². The number of nitrogens with zero attached hydrogens (tertiary/aromatic N) is 1. The monoisotopic (exact) mass is 326 g/mol. The summed E-state index contributed by atoms with van der Waals surface area (Å²) in [4.78, 5) is 12.2. The van der Waals surface area contributed by atoms with E-state index in [1.54, 1.807) is 18.2 Å². The molecule has 122 valence electrons. The average Bonchev–Trinajstić information content (AvgIpc) is 2.52. The predicted octanol–water partition coefficient (Wildman–Crippen LogP) is 1.10. The van der Waals surface area contributed by atoms with Crippen LogP contribution in [0.4, 0.5) is 0 Å². The molecule has 0 aliphatic carbocycles. The van der Waals surface area contributed by atoms with Crippen molar-refractivity contribution < 1.29 is 17.9 Å². The Bertz CT molecular complexity index is 622. The Hall–Kier alpha value is -1.60. The fourth-order valence-corrected chi connectivity index (χ4v) is 3.48. The van der Waals surface area contributed by atoms with Gasteiger partial charge in [0.25, 0.3) is 5.91 Å². The van der Waals surface area contributed by atoms with E-state index in [-0.39, 0.29) is 5.91 Å². The maximum Gasteiger partial charge on any atom is 0.255 e. The van der Waals surface area contributed by atoms with E-state index in [0.717, 1.165) is 12.8 Å². The molecule has 0 spiro atoms. The van der Waals surface area contributed by atoms with Crippen molar-refractivity contribution in [1.29, 1.82) is 0 Å². The van der Waals surface area contributed by atoms with Crippen LogP contribution < -0.4 is 10.1 Å². The molecule has 1 fully saturated rings. The standard InChI is InChI=1S/C15H22N2O4S/c1-21-14-6-4-3-5-13(14)15(18)16-11-12-7-9-17(10-8-12)22(2,19)20/h3-6,12H,7-11H2,1-2H3,(H,16,18). The van der Waals surface area contributed by atoms with Gasteiger partial charge in [0.05, 0.1) is 18.9 Å². The minimum atomic E-state index is -3.10. The molecule has 0 radical (unpaired) electrons. The second-order valence-corrected chi connectivity index (χ2v) is 7.50. The Morgan fingerprint density at radius 1 is 1.32 bits per heavy atom. The van der Waals surface area contributed by atoms with Gasteiger partial charge in [-0.3, -0.25) is 4.79 Å². The number of carbonyl (C=O) groups is 1. The van der Waals surface area contributed by atoms with Crippen molar-refractivity contribution in [2.24, 2.45) is 5.92 Å². The molecule has 0 bridgehead atoms. The first-order valence-corrected chi connectivity index (χ1v) is 9.13. The molecule has 1 amide bonds. The first kappa shape index (κ1) is 16.8. The lowest BCUT2D eigenvalue weighted by atomic mass is 9.98.